The first kappa shape index (κ1) is 18.8. The number of fused-ring (bicyclic) bond motifs is 1. The molecule has 142 valence electrons. The van der Waals surface area contributed by atoms with Crippen LogP contribution in [0.25, 0.3) is 22.4 Å². The lowest BCUT2D eigenvalue weighted by Gasteiger charge is -2.20. The summed E-state index contributed by atoms with van der Waals surface area (Å²) in [6.07, 6.45) is 1.92. The molecule has 5 nitrogen and oxygen atoms in total. The summed E-state index contributed by atoms with van der Waals surface area (Å²) in [5.74, 6) is 0.570. The first-order valence-corrected chi connectivity index (χ1v) is 10.7. The van der Waals surface area contributed by atoms with Crippen LogP contribution in [0.15, 0.2) is 57.8 Å². The minimum Gasteiger partial charge on any atom is -0.372 e. The zero-order valence-corrected chi connectivity index (χ0v) is 18.0. The van der Waals surface area contributed by atoms with Crippen LogP contribution in [0, 0.1) is 0 Å². The van der Waals surface area contributed by atoms with E-state index in [1.165, 1.54) is 17.0 Å². The highest BCUT2D eigenvalue weighted by Crippen LogP contribution is 2.20. The van der Waals surface area contributed by atoms with Gasteiger partial charge in [-0.15, -0.1) is 10.2 Å². The maximum Gasteiger partial charge on any atom is 0.276 e. The summed E-state index contributed by atoms with van der Waals surface area (Å²) < 4.78 is 3.22. The molecule has 0 atom stereocenters. The molecule has 0 fully saturated rings. The average molecular weight is 455 g/mol. The van der Waals surface area contributed by atoms with Crippen LogP contribution in [0.1, 0.15) is 19.4 Å². The van der Waals surface area contributed by atoms with E-state index in [1.54, 1.807) is 4.40 Å². The van der Waals surface area contributed by atoms with E-state index in [-0.39, 0.29) is 5.56 Å². The van der Waals surface area contributed by atoms with E-state index < -0.39 is 0 Å². The van der Waals surface area contributed by atoms with Crippen molar-refractivity contribution in [2.75, 3.05) is 18.0 Å². The number of halogens is 1. The molecule has 0 aliphatic carbocycles. The second-order valence-electron chi connectivity index (χ2n) is 6.33. The molecule has 0 spiro atoms. The maximum atomic E-state index is 13.0. The summed E-state index contributed by atoms with van der Waals surface area (Å²) in [4.78, 5) is 15.9. The van der Waals surface area contributed by atoms with E-state index in [9.17, 15) is 4.79 Å². The molecule has 2 aromatic carbocycles. The zero-order valence-electron chi connectivity index (χ0n) is 15.6. The molecule has 0 saturated heterocycles. The molecule has 0 saturated carbocycles. The normalized spacial score (nSPS) is 12.0. The second kappa shape index (κ2) is 7.85. The van der Waals surface area contributed by atoms with Crippen molar-refractivity contribution in [2.45, 2.75) is 13.8 Å². The van der Waals surface area contributed by atoms with Crippen molar-refractivity contribution in [2.24, 2.45) is 0 Å². The highest BCUT2D eigenvalue weighted by molar-refractivity contribution is 9.10. The first-order chi connectivity index (χ1) is 13.6. The van der Waals surface area contributed by atoms with Crippen molar-refractivity contribution < 1.29 is 0 Å². The molecule has 7 heteroatoms. The largest absolute Gasteiger partial charge is 0.372 e. The lowest BCUT2D eigenvalue weighted by atomic mass is 10.2. The van der Waals surface area contributed by atoms with E-state index in [4.69, 9.17) is 0 Å². The highest BCUT2D eigenvalue weighted by Gasteiger charge is 2.14. The third-order valence-electron chi connectivity index (χ3n) is 4.67. The second-order valence-corrected chi connectivity index (χ2v) is 8.25. The van der Waals surface area contributed by atoms with Gasteiger partial charge < -0.3 is 4.90 Å². The molecule has 0 N–H and O–H groups in total. The Morgan fingerprint density at radius 3 is 2.36 bits per heavy atom. The first-order valence-electron chi connectivity index (χ1n) is 9.11. The van der Waals surface area contributed by atoms with E-state index in [1.807, 2.05) is 42.5 Å². The van der Waals surface area contributed by atoms with Gasteiger partial charge in [0.15, 0.2) is 5.82 Å². The number of hydrogen-bond acceptors (Lipinski definition) is 5. The number of aromatic nitrogens is 3. The summed E-state index contributed by atoms with van der Waals surface area (Å²) in [5, 5.41) is 8.40. The Labute approximate surface area is 175 Å². The van der Waals surface area contributed by atoms with Gasteiger partial charge in [-0.05, 0) is 49.8 Å². The zero-order chi connectivity index (χ0) is 19.7. The van der Waals surface area contributed by atoms with Gasteiger partial charge in [-0.25, -0.2) is 4.40 Å². The van der Waals surface area contributed by atoms with Crippen LogP contribution < -0.4 is 15.0 Å². The number of thiazole rings is 1. The van der Waals surface area contributed by atoms with Crippen LogP contribution in [0.3, 0.4) is 0 Å². The molecule has 0 aliphatic rings. The summed E-state index contributed by atoms with van der Waals surface area (Å²) in [6.45, 7) is 6.23. The Hall–Kier alpha value is -2.51. The molecule has 0 aliphatic heterocycles. The Morgan fingerprint density at radius 2 is 1.71 bits per heavy atom. The Kier molecular flexibility index (Phi) is 5.28. The predicted molar refractivity (Wildman–Crippen MR) is 119 cm³/mol. The van der Waals surface area contributed by atoms with Crippen molar-refractivity contribution in [3.8, 4) is 11.4 Å². The van der Waals surface area contributed by atoms with Gasteiger partial charge in [0, 0.05) is 28.8 Å². The van der Waals surface area contributed by atoms with Gasteiger partial charge in [0.2, 0.25) is 4.96 Å². The van der Waals surface area contributed by atoms with Crippen LogP contribution in [0.2, 0.25) is 0 Å². The smallest absolute Gasteiger partial charge is 0.276 e. The third kappa shape index (κ3) is 3.47. The topological polar surface area (TPSA) is 50.5 Å². The molecule has 2 aromatic heterocycles. The summed E-state index contributed by atoms with van der Waals surface area (Å²) >= 11 is 4.79. The van der Waals surface area contributed by atoms with Crippen LogP contribution in [-0.2, 0) is 0 Å². The van der Waals surface area contributed by atoms with Gasteiger partial charge in [0.25, 0.3) is 5.56 Å². The van der Waals surface area contributed by atoms with Crippen molar-refractivity contribution in [3.05, 3.63) is 73.5 Å². The molecule has 0 unspecified atom stereocenters. The molecule has 4 rings (SSSR count). The van der Waals surface area contributed by atoms with Gasteiger partial charge in [0.1, 0.15) is 0 Å². The quantitative estimate of drug-likeness (QED) is 0.457. The molecule has 4 aromatic rings. The maximum absolute atomic E-state index is 13.0. The fourth-order valence-electron chi connectivity index (χ4n) is 3.17. The lowest BCUT2D eigenvalue weighted by Crippen LogP contribution is -2.23. The average Bonchev–Trinajstić information content (AvgIpc) is 3.25. The van der Waals surface area contributed by atoms with Gasteiger partial charge in [-0.1, -0.05) is 51.5 Å². The molecule has 0 radical (unpaired) electrons. The minimum atomic E-state index is -0.0873. The Balaban J connectivity index is 1.75. The molecule has 2 heterocycles. The number of benzene rings is 2. The molecule has 0 bridgehead atoms. The number of rotatable bonds is 5. The minimum absolute atomic E-state index is 0.0873. The van der Waals surface area contributed by atoms with E-state index in [0.29, 0.717) is 15.3 Å². The van der Waals surface area contributed by atoms with Crippen molar-refractivity contribution in [1.29, 1.82) is 0 Å². The van der Waals surface area contributed by atoms with Crippen LogP contribution in [0.5, 0.6) is 0 Å². The van der Waals surface area contributed by atoms with E-state index in [2.05, 4.69) is 57.0 Å². The number of hydrogen-bond donors (Lipinski definition) is 0. The van der Waals surface area contributed by atoms with Crippen LogP contribution in [-0.4, -0.2) is 27.7 Å². The van der Waals surface area contributed by atoms with Crippen molar-refractivity contribution >= 4 is 44.0 Å². The van der Waals surface area contributed by atoms with E-state index >= 15 is 0 Å². The SMILES string of the molecule is CCN(CC)c1ccc(/C=c2\sc3nnc(-c4ccc(Br)cc4)n3c2=O)cc1. The fraction of sp³-hybridized carbons (Fsp3) is 0.190. The standard InChI is InChI=1S/C21H19BrN4OS/c1-3-25(4-2)17-11-5-14(6-12-17)13-18-20(27)26-19(23-24-21(26)28-18)15-7-9-16(22)10-8-15/h5-13H,3-4H2,1-2H3/b18-13-. The summed E-state index contributed by atoms with van der Waals surface area (Å²) in [6, 6.07) is 16.0. The lowest BCUT2D eigenvalue weighted by molar-refractivity contribution is 0.866. The third-order valence-corrected chi connectivity index (χ3v) is 6.16. The molecular formula is C21H19BrN4OS. The van der Waals surface area contributed by atoms with Crippen LogP contribution >= 0.6 is 27.3 Å². The van der Waals surface area contributed by atoms with Gasteiger partial charge >= 0.3 is 0 Å². The summed E-state index contributed by atoms with van der Waals surface area (Å²) in [5.41, 5.74) is 2.96. The highest BCUT2D eigenvalue weighted by atomic mass is 79.9. The Morgan fingerprint density at radius 1 is 1.04 bits per heavy atom. The number of nitrogens with zero attached hydrogens (tertiary/aromatic N) is 4. The molecule has 28 heavy (non-hydrogen) atoms. The monoisotopic (exact) mass is 454 g/mol. The van der Waals surface area contributed by atoms with Crippen LogP contribution in [0.4, 0.5) is 5.69 Å². The fourth-order valence-corrected chi connectivity index (χ4v) is 4.35. The van der Waals surface area contributed by atoms with Crippen molar-refractivity contribution in [3.63, 3.8) is 0 Å². The van der Waals surface area contributed by atoms with E-state index in [0.717, 1.165) is 28.7 Å². The number of anilines is 1. The van der Waals surface area contributed by atoms with Gasteiger partial charge in [0.05, 0.1) is 4.53 Å². The Bertz CT molecular complexity index is 1210. The molecule has 0 amide bonds. The predicted octanol–water partition coefficient (Wildman–Crippen LogP) is 3.97. The van der Waals surface area contributed by atoms with Gasteiger partial charge in [-0.2, -0.15) is 0 Å². The van der Waals surface area contributed by atoms with Crippen molar-refractivity contribution in [1.82, 2.24) is 14.6 Å². The summed E-state index contributed by atoms with van der Waals surface area (Å²) in [7, 11) is 0. The molecular weight excluding hydrogens is 436 g/mol. The van der Waals surface area contributed by atoms with Gasteiger partial charge in [-0.3, -0.25) is 4.79 Å².